The molecule has 0 bridgehead atoms. The second kappa shape index (κ2) is 6.47. The highest BCUT2D eigenvalue weighted by molar-refractivity contribution is 7.09. The Bertz CT molecular complexity index is 340. The first-order chi connectivity index (χ1) is 8.29. The number of hydrogen-bond donors (Lipinski definition) is 1. The molecule has 17 heavy (non-hydrogen) atoms. The van der Waals surface area contributed by atoms with Gasteiger partial charge in [0.05, 0.1) is 16.8 Å². The SMILES string of the molecule is COC1CCCCC1NCCc1csc(C)n1. The van der Waals surface area contributed by atoms with Gasteiger partial charge in [-0.15, -0.1) is 11.3 Å². The Kier molecular flexibility index (Phi) is 4.95. The molecule has 0 amide bonds. The zero-order chi connectivity index (χ0) is 12.1. The smallest absolute Gasteiger partial charge is 0.0897 e. The van der Waals surface area contributed by atoms with Gasteiger partial charge in [-0.1, -0.05) is 12.8 Å². The summed E-state index contributed by atoms with van der Waals surface area (Å²) in [4.78, 5) is 4.48. The molecule has 0 spiro atoms. The third-order valence-electron chi connectivity index (χ3n) is 3.46. The Morgan fingerprint density at radius 1 is 1.47 bits per heavy atom. The number of nitrogens with zero attached hydrogens (tertiary/aromatic N) is 1. The molecule has 2 atom stereocenters. The monoisotopic (exact) mass is 254 g/mol. The van der Waals surface area contributed by atoms with Gasteiger partial charge in [-0.3, -0.25) is 0 Å². The van der Waals surface area contributed by atoms with Crippen LogP contribution in [-0.4, -0.2) is 30.8 Å². The van der Waals surface area contributed by atoms with Crippen LogP contribution in [0, 0.1) is 6.92 Å². The summed E-state index contributed by atoms with van der Waals surface area (Å²) in [7, 11) is 1.83. The van der Waals surface area contributed by atoms with Crippen LogP contribution in [0.2, 0.25) is 0 Å². The van der Waals surface area contributed by atoms with Crippen molar-refractivity contribution in [2.75, 3.05) is 13.7 Å². The maximum Gasteiger partial charge on any atom is 0.0897 e. The van der Waals surface area contributed by atoms with E-state index in [1.54, 1.807) is 11.3 Å². The van der Waals surface area contributed by atoms with E-state index in [1.807, 2.05) is 7.11 Å². The molecule has 1 aliphatic rings. The first-order valence-corrected chi connectivity index (χ1v) is 7.34. The Morgan fingerprint density at radius 2 is 2.29 bits per heavy atom. The lowest BCUT2D eigenvalue weighted by molar-refractivity contribution is 0.0421. The molecular formula is C13H22N2OS. The lowest BCUT2D eigenvalue weighted by atomic mass is 9.92. The molecule has 0 saturated heterocycles. The first-order valence-electron chi connectivity index (χ1n) is 6.47. The van der Waals surface area contributed by atoms with E-state index in [9.17, 15) is 0 Å². The van der Waals surface area contributed by atoms with E-state index in [-0.39, 0.29) is 0 Å². The fourth-order valence-electron chi connectivity index (χ4n) is 2.52. The molecule has 1 saturated carbocycles. The van der Waals surface area contributed by atoms with Crippen molar-refractivity contribution < 1.29 is 4.74 Å². The van der Waals surface area contributed by atoms with E-state index < -0.39 is 0 Å². The van der Waals surface area contributed by atoms with E-state index in [0.717, 1.165) is 18.0 Å². The lowest BCUT2D eigenvalue weighted by Crippen LogP contribution is -2.43. The van der Waals surface area contributed by atoms with E-state index >= 15 is 0 Å². The molecule has 4 heteroatoms. The highest BCUT2D eigenvalue weighted by atomic mass is 32.1. The molecule has 96 valence electrons. The van der Waals surface area contributed by atoms with Gasteiger partial charge < -0.3 is 10.1 Å². The molecule has 0 radical (unpaired) electrons. The predicted molar refractivity (Wildman–Crippen MR) is 71.6 cm³/mol. The van der Waals surface area contributed by atoms with Crippen LogP contribution < -0.4 is 5.32 Å². The van der Waals surface area contributed by atoms with Gasteiger partial charge in [-0.05, 0) is 19.8 Å². The summed E-state index contributed by atoms with van der Waals surface area (Å²) in [6.45, 7) is 3.07. The molecular weight excluding hydrogens is 232 g/mol. The van der Waals surface area contributed by atoms with Crippen LogP contribution in [0.15, 0.2) is 5.38 Å². The Labute approximate surface area is 108 Å². The first kappa shape index (κ1) is 13.0. The second-order valence-electron chi connectivity index (χ2n) is 4.73. The van der Waals surface area contributed by atoms with Crippen LogP contribution in [0.5, 0.6) is 0 Å². The molecule has 1 aliphatic carbocycles. The molecule has 1 heterocycles. The average molecular weight is 254 g/mol. The third-order valence-corrected chi connectivity index (χ3v) is 4.28. The van der Waals surface area contributed by atoms with Crippen molar-refractivity contribution in [3.05, 3.63) is 16.1 Å². The Balaban J connectivity index is 1.73. The Hall–Kier alpha value is -0.450. The molecule has 1 aromatic rings. The predicted octanol–water partition coefficient (Wildman–Crippen LogP) is 2.54. The van der Waals surface area contributed by atoms with Crippen molar-refractivity contribution in [1.29, 1.82) is 0 Å². The van der Waals surface area contributed by atoms with E-state index in [2.05, 4.69) is 22.6 Å². The zero-order valence-corrected chi connectivity index (χ0v) is 11.6. The second-order valence-corrected chi connectivity index (χ2v) is 5.79. The van der Waals surface area contributed by atoms with Crippen LogP contribution in [-0.2, 0) is 11.2 Å². The van der Waals surface area contributed by atoms with Crippen molar-refractivity contribution in [3.8, 4) is 0 Å². The molecule has 3 nitrogen and oxygen atoms in total. The van der Waals surface area contributed by atoms with Gasteiger partial charge in [-0.2, -0.15) is 0 Å². The zero-order valence-electron chi connectivity index (χ0n) is 10.7. The van der Waals surface area contributed by atoms with Crippen molar-refractivity contribution >= 4 is 11.3 Å². The van der Waals surface area contributed by atoms with E-state index in [1.165, 1.54) is 31.4 Å². The molecule has 2 rings (SSSR count). The maximum atomic E-state index is 5.53. The molecule has 0 aromatic carbocycles. The normalized spacial score (nSPS) is 25.1. The van der Waals surface area contributed by atoms with E-state index in [4.69, 9.17) is 4.74 Å². The largest absolute Gasteiger partial charge is 0.380 e. The van der Waals surface area contributed by atoms with Crippen LogP contribution in [0.4, 0.5) is 0 Å². The summed E-state index contributed by atoms with van der Waals surface area (Å²) in [5, 5.41) is 6.94. The number of methoxy groups -OCH3 is 1. The molecule has 1 fully saturated rings. The third kappa shape index (κ3) is 3.76. The Morgan fingerprint density at radius 3 is 3.00 bits per heavy atom. The van der Waals surface area contributed by atoms with Gasteiger partial charge in [0.15, 0.2) is 0 Å². The summed E-state index contributed by atoms with van der Waals surface area (Å²) in [5.41, 5.74) is 1.21. The van der Waals surface area contributed by atoms with Gasteiger partial charge in [0.2, 0.25) is 0 Å². The molecule has 1 aromatic heterocycles. The minimum Gasteiger partial charge on any atom is -0.380 e. The number of hydrogen-bond acceptors (Lipinski definition) is 4. The molecule has 0 aliphatic heterocycles. The highest BCUT2D eigenvalue weighted by Gasteiger charge is 2.23. The van der Waals surface area contributed by atoms with Crippen molar-refractivity contribution in [3.63, 3.8) is 0 Å². The van der Waals surface area contributed by atoms with Crippen molar-refractivity contribution in [2.24, 2.45) is 0 Å². The number of aromatic nitrogens is 1. The molecule has 1 N–H and O–H groups in total. The quantitative estimate of drug-likeness (QED) is 0.877. The van der Waals surface area contributed by atoms with Gasteiger partial charge in [0, 0.05) is 31.5 Å². The highest BCUT2D eigenvalue weighted by Crippen LogP contribution is 2.20. The number of thiazole rings is 1. The fourth-order valence-corrected chi connectivity index (χ4v) is 3.17. The summed E-state index contributed by atoms with van der Waals surface area (Å²) in [6, 6.07) is 0.536. The van der Waals surface area contributed by atoms with Gasteiger partial charge in [0.1, 0.15) is 0 Å². The van der Waals surface area contributed by atoms with E-state index in [0.29, 0.717) is 12.1 Å². The summed E-state index contributed by atoms with van der Waals surface area (Å²) < 4.78 is 5.53. The topological polar surface area (TPSA) is 34.1 Å². The van der Waals surface area contributed by atoms with Crippen LogP contribution in [0.3, 0.4) is 0 Å². The number of aryl methyl sites for hydroxylation is 1. The lowest BCUT2D eigenvalue weighted by Gasteiger charge is -2.31. The standard InChI is InChI=1S/C13H22N2OS/c1-10-15-11(9-17-10)7-8-14-12-5-3-4-6-13(12)16-2/h9,12-14H,3-8H2,1-2H3. The van der Waals surface area contributed by atoms with Crippen molar-refractivity contribution in [1.82, 2.24) is 10.3 Å². The van der Waals surface area contributed by atoms with Gasteiger partial charge >= 0.3 is 0 Å². The van der Waals surface area contributed by atoms with Gasteiger partial charge in [-0.25, -0.2) is 4.98 Å². The maximum absolute atomic E-state index is 5.53. The van der Waals surface area contributed by atoms with Crippen molar-refractivity contribution in [2.45, 2.75) is 51.2 Å². The molecule has 2 unspecified atom stereocenters. The van der Waals surface area contributed by atoms with Gasteiger partial charge in [0.25, 0.3) is 0 Å². The summed E-state index contributed by atoms with van der Waals surface area (Å²) >= 11 is 1.73. The van der Waals surface area contributed by atoms with Crippen LogP contribution in [0.25, 0.3) is 0 Å². The minimum atomic E-state index is 0.404. The summed E-state index contributed by atoms with van der Waals surface area (Å²) in [6.07, 6.45) is 6.51. The van der Waals surface area contributed by atoms with Crippen LogP contribution >= 0.6 is 11.3 Å². The fraction of sp³-hybridized carbons (Fsp3) is 0.769. The number of rotatable bonds is 5. The summed E-state index contributed by atoms with van der Waals surface area (Å²) in [5.74, 6) is 0. The number of ether oxygens (including phenoxy) is 1. The number of nitrogens with one attached hydrogen (secondary N) is 1. The van der Waals surface area contributed by atoms with Crippen LogP contribution in [0.1, 0.15) is 36.4 Å². The minimum absolute atomic E-state index is 0.404. The average Bonchev–Trinajstić information content (AvgIpc) is 2.76.